The second-order valence-corrected chi connectivity index (χ2v) is 5.45. The van der Waals surface area contributed by atoms with Crippen molar-refractivity contribution in [3.8, 4) is 10.4 Å². The molecule has 0 fully saturated rings. The van der Waals surface area contributed by atoms with Gasteiger partial charge in [0.1, 0.15) is 5.82 Å². The Morgan fingerprint density at radius 3 is 2.59 bits per heavy atom. The van der Waals surface area contributed by atoms with E-state index in [1.165, 1.54) is 6.07 Å². The fraction of sp³-hybridized carbons (Fsp3) is 0.286. The average molecular weight is 249 g/mol. The number of hydrogen-bond donors (Lipinski definition) is 1. The highest BCUT2D eigenvalue weighted by atomic mass is 32.1. The van der Waals surface area contributed by atoms with E-state index < -0.39 is 0 Å². The Morgan fingerprint density at radius 1 is 1.29 bits per heavy atom. The van der Waals surface area contributed by atoms with E-state index in [9.17, 15) is 4.39 Å². The molecule has 2 rings (SSSR count). The van der Waals surface area contributed by atoms with Crippen LogP contribution in [-0.4, -0.2) is 0 Å². The van der Waals surface area contributed by atoms with Crippen molar-refractivity contribution in [2.75, 3.05) is 0 Å². The van der Waals surface area contributed by atoms with Gasteiger partial charge in [0.25, 0.3) is 0 Å². The van der Waals surface area contributed by atoms with Gasteiger partial charge in [-0.15, -0.1) is 11.3 Å². The molecule has 3 heteroatoms. The molecule has 0 saturated carbocycles. The van der Waals surface area contributed by atoms with Crippen molar-refractivity contribution in [3.63, 3.8) is 0 Å². The number of rotatable bonds is 2. The molecule has 0 radical (unpaired) electrons. The van der Waals surface area contributed by atoms with E-state index in [1.54, 1.807) is 17.4 Å². The van der Waals surface area contributed by atoms with Crippen molar-refractivity contribution in [3.05, 3.63) is 46.1 Å². The van der Waals surface area contributed by atoms with Crippen molar-refractivity contribution < 1.29 is 4.39 Å². The van der Waals surface area contributed by atoms with Gasteiger partial charge >= 0.3 is 0 Å². The summed E-state index contributed by atoms with van der Waals surface area (Å²) >= 11 is 1.65. The molecule has 1 unspecified atom stereocenters. The first-order valence-electron chi connectivity index (χ1n) is 5.62. The maximum absolute atomic E-state index is 13.5. The lowest BCUT2D eigenvalue weighted by atomic mass is 10.0. The zero-order chi connectivity index (χ0) is 12.6. The number of hydrogen-bond acceptors (Lipinski definition) is 2. The third-order valence-electron chi connectivity index (χ3n) is 2.90. The first-order valence-corrected chi connectivity index (χ1v) is 6.43. The van der Waals surface area contributed by atoms with E-state index in [-0.39, 0.29) is 11.9 Å². The van der Waals surface area contributed by atoms with Crippen molar-refractivity contribution in [1.29, 1.82) is 0 Å². The molecule has 1 aromatic carbocycles. The van der Waals surface area contributed by atoms with E-state index in [1.807, 2.05) is 26.8 Å². The monoisotopic (exact) mass is 249 g/mol. The minimum absolute atomic E-state index is 0.0290. The number of benzene rings is 1. The highest BCUT2D eigenvalue weighted by Crippen LogP contribution is 2.36. The van der Waals surface area contributed by atoms with Crippen LogP contribution in [-0.2, 0) is 0 Å². The zero-order valence-electron chi connectivity index (χ0n) is 10.3. The third-order valence-corrected chi connectivity index (χ3v) is 4.37. The van der Waals surface area contributed by atoms with Crippen molar-refractivity contribution in [1.82, 2.24) is 0 Å². The Bertz CT molecular complexity index is 543. The topological polar surface area (TPSA) is 26.0 Å². The minimum Gasteiger partial charge on any atom is -0.324 e. The second kappa shape index (κ2) is 4.59. The van der Waals surface area contributed by atoms with Crippen LogP contribution < -0.4 is 5.73 Å². The van der Waals surface area contributed by atoms with Gasteiger partial charge in [0.15, 0.2) is 0 Å². The van der Waals surface area contributed by atoms with E-state index in [0.29, 0.717) is 5.56 Å². The molecule has 1 heterocycles. The summed E-state index contributed by atoms with van der Waals surface area (Å²) in [7, 11) is 0. The van der Waals surface area contributed by atoms with Gasteiger partial charge in [0.05, 0.1) is 0 Å². The van der Waals surface area contributed by atoms with Gasteiger partial charge in [0.2, 0.25) is 0 Å². The third kappa shape index (κ3) is 2.26. The molecule has 2 aromatic rings. The summed E-state index contributed by atoms with van der Waals surface area (Å²) in [5.41, 5.74) is 8.72. The minimum atomic E-state index is -0.155. The maximum atomic E-state index is 13.5. The highest BCUT2D eigenvalue weighted by molar-refractivity contribution is 7.15. The quantitative estimate of drug-likeness (QED) is 0.848. The number of halogens is 1. The number of aryl methyl sites for hydroxylation is 1. The van der Waals surface area contributed by atoms with Gasteiger partial charge in [-0.25, -0.2) is 4.39 Å². The molecule has 0 amide bonds. The molecule has 1 atom stereocenters. The molecule has 2 N–H and O–H groups in total. The predicted molar refractivity (Wildman–Crippen MR) is 71.8 cm³/mol. The molecule has 1 aromatic heterocycles. The van der Waals surface area contributed by atoms with Crippen LogP contribution in [0.25, 0.3) is 10.4 Å². The van der Waals surface area contributed by atoms with E-state index >= 15 is 0 Å². The predicted octanol–water partition coefficient (Wildman–Crippen LogP) is 4.19. The molecule has 0 aliphatic carbocycles. The molecule has 0 spiro atoms. The molecule has 0 aliphatic rings. The molecule has 17 heavy (non-hydrogen) atoms. The smallest absolute Gasteiger partial charge is 0.126 e. The molecular formula is C14H16FNS. The Morgan fingerprint density at radius 2 is 2.00 bits per heavy atom. The Hall–Kier alpha value is -1.19. The normalized spacial score (nSPS) is 12.8. The van der Waals surface area contributed by atoms with E-state index in [4.69, 9.17) is 5.73 Å². The Kier molecular flexibility index (Phi) is 3.31. The Labute approximate surface area is 105 Å². The lowest BCUT2D eigenvalue weighted by molar-refractivity contribution is 0.619. The zero-order valence-corrected chi connectivity index (χ0v) is 11.1. The molecule has 1 nitrogen and oxygen atoms in total. The standard InChI is InChI=1S/C14H16FNS/c1-8-7-13(10(3)16)17-14(8)11-5-4-6-12(15)9(11)2/h4-7,10H,16H2,1-3H3. The van der Waals surface area contributed by atoms with Crippen LogP contribution in [0.3, 0.4) is 0 Å². The number of thiophene rings is 1. The van der Waals surface area contributed by atoms with Crippen LogP contribution in [0.4, 0.5) is 4.39 Å². The van der Waals surface area contributed by atoms with Crippen LogP contribution >= 0.6 is 11.3 Å². The van der Waals surface area contributed by atoms with Gasteiger partial charge in [-0.3, -0.25) is 0 Å². The van der Waals surface area contributed by atoms with Gasteiger partial charge in [-0.2, -0.15) is 0 Å². The molecule has 0 aliphatic heterocycles. The highest BCUT2D eigenvalue weighted by Gasteiger charge is 2.13. The summed E-state index contributed by atoms with van der Waals surface area (Å²) in [5, 5.41) is 0. The lowest BCUT2D eigenvalue weighted by Gasteiger charge is -2.05. The average Bonchev–Trinajstić information content (AvgIpc) is 2.65. The first-order chi connectivity index (χ1) is 8.00. The van der Waals surface area contributed by atoms with Gasteiger partial charge in [0, 0.05) is 15.8 Å². The maximum Gasteiger partial charge on any atom is 0.126 e. The van der Waals surface area contributed by atoms with Crippen LogP contribution in [0.15, 0.2) is 24.3 Å². The van der Waals surface area contributed by atoms with Crippen LogP contribution in [0.1, 0.15) is 29.0 Å². The molecule has 90 valence electrons. The lowest BCUT2D eigenvalue weighted by Crippen LogP contribution is -2.01. The van der Waals surface area contributed by atoms with Gasteiger partial charge < -0.3 is 5.73 Å². The molecular weight excluding hydrogens is 233 g/mol. The largest absolute Gasteiger partial charge is 0.324 e. The first kappa shape index (κ1) is 12.3. The SMILES string of the molecule is Cc1cc(C(C)N)sc1-c1cccc(F)c1C. The van der Waals surface area contributed by atoms with E-state index in [2.05, 4.69) is 6.07 Å². The summed E-state index contributed by atoms with van der Waals surface area (Å²) in [5.74, 6) is -0.155. The number of nitrogens with two attached hydrogens (primary N) is 1. The summed E-state index contributed by atoms with van der Waals surface area (Å²) in [6.07, 6.45) is 0. The summed E-state index contributed by atoms with van der Waals surface area (Å²) in [6, 6.07) is 7.33. The Balaban J connectivity index is 2.57. The molecule has 0 saturated heterocycles. The summed E-state index contributed by atoms with van der Waals surface area (Å²) in [6.45, 7) is 5.82. The van der Waals surface area contributed by atoms with Crippen molar-refractivity contribution in [2.24, 2.45) is 5.73 Å². The van der Waals surface area contributed by atoms with Crippen LogP contribution in [0.5, 0.6) is 0 Å². The van der Waals surface area contributed by atoms with Crippen molar-refractivity contribution in [2.45, 2.75) is 26.8 Å². The van der Waals surface area contributed by atoms with Crippen LogP contribution in [0.2, 0.25) is 0 Å². The molecule has 0 bridgehead atoms. The second-order valence-electron chi connectivity index (χ2n) is 4.36. The van der Waals surface area contributed by atoms with E-state index in [0.717, 1.165) is 20.9 Å². The van der Waals surface area contributed by atoms with Crippen LogP contribution in [0, 0.1) is 19.7 Å². The summed E-state index contributed by atoms with van der Waals surface area (Å²) in [4.78, 5) is 2.26. The van der Waals surface area contributed by atoms with Crippen molar-refractivity contribution >= 4 is 11.3 Å². The van der Waals surface area contributed by atoms with Gasteiger partial charge in [-0.05, 0) is 49.6 Å². The summed E-state index contributed by atoms with van der Waals surface area (Å²) < 4.78 is 13.5. The fourth-order valence-corrected chi connectivity index (χ4v) is 3.06. The fourth-order valence-electron chi connectivity index (χ4n) is 1.85. The van der Waals surface area contributed by atoms with Gasteiger partial charge in [-0.1, -0.05) is 12.1 Å².